The van der Waals surface area contributed by atoms with Crippen molar-refractivity contribution >= 4 is 28.3 Å². The van der Waals surface area contributed by atoms with Crippen LogP contribution in [0.3, 0.4) is 0 Å². The van der Waals surface area contributed by atoms with Crippen molar-refractivity contribution in [2.24, 2.45) is 29.4 Å². The molecule has 3 fully saturated rings. The van der Waals surface area contributed by atoms with Crippen molar-refractivity contribution in [1.29, 1.82) is 0 Å². The van der Waals surface area contributed by atoms with Crippen LogP contribution in [0.25, 0.3) is 0 Å². The van der Waals surface area contributed by atoms with Crippen LogP contribution in [0.4, 0.5) is 10.8 Å². The van der Waals surface area contributed by atoms with Gasteiger partial charge >= 0.3 is 0 Å². The first kappa shape index (κ1) is 10.6. The minimum atomic E-state index is -0.488. The molecular weight excluding hydrogens is 248 g/mol. The zero-order chi connectivity index (χ0) is 12.4. The van der Waals surface area contributed by atoms with Crippen molar-refractivity contribution in [2.45, 2.75) is 25.3 Å². The Labute approximate surface area is 109 Å². The van der Waals surface area contributed by atoms with Gasteiger partial charge in [0, 0.05) is 6.04 Å². The molecule has 18 heavy (non-hydrogen) atoms. The fourth-order valence-electron chi connectivity index (χ4n) is 4.31. The molecule has 3 aliphatic rings. The third-order valence-electron chi connectivity index (χ3n) is 5.00. The Morgan fingerprint density at radius 2 is 2.00 bits per heavy atom. The lowest BCUT2D eigenvalue weighted by Crippen LogP contribution is -2.17. The Morgan fingerprint density at radius 3 is 2.61 bits per heavy atom. The van der Waals surface area contributed by atoms with E-state index in [1.807, 2.05) is 0 Å². The van der Waals surface area contributed by atoms with E-state index >= 15 is 0 Å². The fraction of sp³-hybridized carbons (Fsp3) is 0.667. The predicted octanol–water partition coefficient (Wildman–Crippen LogP) is 1.28. The highest BCUT2D eigenvalue weighted by Gasteiger charge is 2.65. The highest BCUT2D eigenvalue weighted by Crippen LogP contribution is 2.66. The molecule has 1 amide bonds. The van der Waals surface area contributed by atoms with Crippen molar-refractivity contribution in [3.63, 3.8) is 0 Å². The molecule has 3 aliphatic carbocycles. The number of hydrogen-bond donors (Lipinski definition) is 3. The van der Waals surface area contributed by atoms with Crippen LogP contribution in [-0.2, 0) is 0 Å². The average molecular weight is 264 g/mol. The molecule has 2 bridgehead atoms. The largest absolute Gasteiger partial charge is 0.382 e. The number of amides is 1. The molecule has 0 aliphatic heterocycles. The van der Waals surface area contributed by atoms with Crippen LogP contribution in [-0.4, -0.2) is 16.3 Å². The maximum absolute atomic E-state index is 11.4. The topological polar surface area (TPSA) is 94.0 Å². The first-order valence-electron chi connectivity index (χ1n) is 6.48. The summed E-state index contributed by atoms with van der Waals surface area (Å²) < 4.78 is 4.02. The van der Waals surface area contributed by atoms with Gasteiger partial charge in [0.15, 0.2) is 5.82 Å². The molecule has 4 atom stereocenters. The summed E-state index contributed by atoms with van der Waals surface area (Å²) in [6.45, 7) is 0. The van der Waals surface area contributed by atoms with Crippen LogP contribution in [0, 0.1) is 23.7 Å². The average Bonchev–Trinajstić information content (AvgIpc) is 2.70. The van der Waals surface area contributed by atoms with Gasteiger partial charge in [-0.05, 0) is 54.5 Å². The Hall–Kier alpha value is -1.30. The van der Waals surface area contributed by atoms with Gasteiger partial charge in [-0.2, -0.15) is 4.37 Å². The zero-order valence-electron chi connectivity index (χ0n) is 9.93. The Kier molecular flexibility index (Phi) is 1.99. The molecule has 0 aromatic carbocycles. The molecule has 5 nitrogen and oxygen atoms in total. The maximum Gasteiger partial charge on any atom is 0.255 e. The number of hydrogen-bond acceptors (Lipinski definition) is 5. The number of anilines is 2. The molecule has 0 saturated heterocycles. The molecule has 1 aromatic heterocycles. The Bertz CT molecular complexity index is 512. The number of nitrogen functional groups attached to an aromatic ring is 1. The Morgan fingerprint density at radius 1 is 1.33 bits per heavy atom. The minimum Gasteiger partial charge on any atom is -0.382 e. The second kappa shape index (κ2) is 3.38. The van der Waals surface area contributed by atoms with Gasteiger partial charge in [-0.25, -0.2) is 0 Å². The molecule has 4 rings (SSSR count). The van der Waals surface area contributed by atoms with Gasteiger partial charge in [0.25, 0.3) is 5.91 Å². The third kappa shape index (κ3) is 1.27. The number of nitrogens with zero attached hydrogens (tertiary/aromatic N) is 1. The van der Waals surface area contributed by atoms with Crippen LogP contribution >= 0.6 is 11.5 Å². The number of fused-ring (bicyclic) bond motifs is 5. The van der Waals surface area contributed by atoms with Gasteiger partial charge < -0.3 is 16.8 Å². The van der Waals surface area contributed by atoms with Gasteiger partial charge in [-0.3, -0.25) is 4.79 Å². The van der Waals surface area contributed by atoms with Crippen molar-refractivity contribution < 1.29 is 4.79 Å². The maximum atomic E-state index is 11.4. The third-order valence-corrected chi connectivity index (χ3v) is 5.79. The molecule has 1 aromatic rings. The molecule has 3 saturated carbocycles. The molecule has 6 heteroatoms. The van der Waals surface area contributed by atoms with E-state index in [0.29, 0.717) is 11.6 Å². The summed E-state index contributed by atoms with van der Waals surface area (Å²) in [5.41, 5.74) is 11.4. The number of carbonyl (C=O) groups is 1. The molecule has 1 heterocycles. The first-order valence-corrected chi connectivity index (χ1v) is 7.25. The number of nitrogens with two attached hydrogens (primary N) is 2. The summed E-state index contributed by atoms with van der Waals surface area (Å²) in [5.74, 6) is 3.20. The van der Waals surface area contributed by atoms with Gasteiger partial charge in [-0.15, -0.1) is 0 Å². The number of carbonyl (C=O) groups excluding carboxylic acids is 1. The molecule has 0 radical (unpaired) electrons. The second-order valence-electron chi connectivity index (χ2n) is 5.79. The summed E-state index contributed by atoms with van der Waals surface area (Å²) in [4.78, 5) is 11.4. The minimum absolute atomic E-state index is 0.254. The van der Waals surface area contributed by atoms with Crippen LogP contribution in [0.5, 0.6) is 0 Å². The van der Waals surface area contributed by atoms with E-state index in [0.717, 1.165) is 28.7 Å². The standard InChI is InChI=1S/C12H16N4OS/c13-10-8(11(14)17)12(18-16-10)15-9-6-4-1-2-5(3-4)7(6)9/h4-7,9,15H,1-3H2,(H2,13,16)(H2,14,17). The van der Waals surface area contributed by atoms with Gasteiger partial charge in [-0.1, -0.05) is 0 Å². The van der Waals surface area contributed by atoms with E-state index in [2.05, 4.69) is 9.69 Å². The number of primary amides is 1. The van der Waals surface area contributed by atoms with Crippen molar-refractivity contribution in [3.05, 3.63) is 5.56 Å². The van der Waals surface area contributed by atoms with Crippen molar-refractivity contribution in [3.8, 4) is 0 Å². The van der Waals surface area contributed by atoms with E-state index in [4.69, 9.17) is 11.5 Å². The lowest BCUT2D eigenvalue weighted by Gasteiger charge is -2.10. The van der Waals surface area contributed by atoms with Crippen LogP contribution in [0.2, 0.25) is 0 Å². The highest BCUT2D eigenvalue weighted by atomic mass is 32.1. The van der Waals surface area contributed by atoms with Crippen molar-refractivity contribution in [1.82, 2.24) is 4.37 Å². The Balaban J connectivity index is 1.55. The van der Waals surface area contributed by atoms with Gasteiger partial charge in [0.2, 0.25) is 0 Å². The second-order valence-corrected chi connectivity index (χ2v) is 6.57. The molecular formula is C12H16N4OS. The SMILES string of the molecule is NC(=O)c1c(N)nsc1NC1C2C3CCC(C3)C12. The number of rotatable bonds is 3. The predicted molar refractivity (Wildman–Crippen MR) is 70.3 cm³/mol. The molecule has 5 N–H and O–H groups in total. The van der Waals surface area contributed by atoms with E-state index in [1.54, 1.807) is 0 Å². The van der Waals surface area contributed by atoms with Crippen LogP contribution in [0.1, 0.15) is 29.6 Å². The van der Waals surface area contributed by atoms with Crippen molar-refractivity contribution in [2.75, 3.05) is 11.1 Å². The lowest BCUT2D eigenvalue weighted by atomic mass is 10.0. The lowest BCUT2D eigenvalue weighted by molar-refractivity contribution is 0.100. The highest BCUT2D eigenvalue weighted by molar-refractivity contribution is 7.11. The summed E-state index contributed by atoms with van der Waals surface area (Å²) in [7, 11) is 0. The fourth-order valence-corrected chi connectivity index (χ4v) is 5.08. The normalized spacial score (nSPS) is 39.7. The first-order chi connectivity index (χ1) is 8.66. The summed E-state index contributed by atoms with van der Waals surface area (Å²) >= 11 is 1.25. The smallest absolute Gasteiger partial charge is 0.255 e. The molecule has 4 unspecified atom stereocenters. The van der Waals surface area contributed by atoms with Gasteiger partial charge in [0.1, 0.15) is 10.6 Å². The number of aromatic nitrogens is 1. The molecule has 0 spiro atoms. The van der Waals surface area contributed by atoms with Crippen LogP contribution in [0.15, 0.2) is 0 Å². The zero-order valence-corrected chi connectivity index (χ0v) is 10.7. The number of nitrogens with one attached hydrogen (secondary N) is 1. The quantitative estimate of drug-likeness (QED) is 0.766. The summed E-state index contributed by atoms with van der Waals surface area (Å²) in [6.07, 6.45) is 4.19. The van der Waals surface area contributed by atoms with E-state index < -0.39 is 5.91 Å². The summed E-state index contributed by atoms with van der Waals surface area (Å²) in [6, 6.07) is 0.522. The van der Waals surface area contributed by atoms with Crippen LogP contribution < -0.4 is 16.8 Å². The van der Waals surface area contributed by atoms with Gasteiger partial charge in [0.05, 0.1) is 0 Å². The monoisotopic (exact) mass is 264 g/mol. The van der Waals surface area contributed by atoms with E-state index in [1.165, 1.54) is 30.8 Å². The molecule has 96 valence electrons. The summed E-state index contributed by atoms with van der Waals surface area (Å²) in [5, 5.41) is 4.23. The van der Waals surface area contributed by atoms with E-state index in [-0.39, 0.29) is 5.82 Å². The van der Waals surface area contributed by atoms with E-state index in [9.17, 15) is 4.79 Å².